The lowest BCUT2D eigenvalue weighted by molar-refractivity contribution is -0.274. The van der Waals surface area contributed by atoms with E-state index in [1.165, 1.54) is 0 Å². The van der Waals surface area contributed by atoms with Crippen LogP contribution in [0.2, 0.25) is 0 Å². The minimum atomic E-state index is -1.50. The van der Waals surface area contributed by atoms with Crippen molar-refractivity contribution in [2.45, 2.75) is 46.4 Å². The number of hydrogen-bond acceptors (Lipinski definition) is 3. The van der Waals surface area contributed by atoms with Crippen LogP contribution in [0.4, 0.5) is 13.2 Å². The van der Waals surface area contributed by atoms with E-state index in [0.717, 1.165) is 12.1 Å². The lowest BCUT2D eigenvalue weighted by Crippen LogP contribution is -2.32. The van der Waals surface area contributed by atoms with Gasteiger partial charge < -0.3 is 13.9 Å². The van der Waals surface area contributed by atoms with E-state index in [9.17, 15) is 13.2 Å². The summed E-state index contributed by atoms with van der Waals surface area (Å²) < 4.78 is 55.2. The summed E-state index contributed by atoms with van der Waals surface area (Å²) in [7, 11) is -1.50. The molecule has 0 fully saturated rings. The third-order valence-electron chi connectivity index (χ3n) is 2.20. The summed E-state index contributed by atoms with van der Waals surface area (Å²) in [6, 6.07) is 1.87. The van der Waals surface area contributed by atoms with Crippen molar-refractivity contribution in [3.8, 4) is 0 Å². The van der Waals surface area contributed by atoms with Gasteiger partial charge >= 0.3 is 0 Å². The first-order valence-corrected chi connectivity index (χ1v) is 7.64. The average Bonchev–Trinajstić information content (AvgIpc) is 2.31. The smallest absolute Gasteiger partial charge is 0.262 e. The summed E-state index contributed by atoms with van der Waals surface area (Å²) >= 11 is 0. The maximum Gasteiger partial charge on any atom is 0.262 e. The number of hydrogen-bond donors (Lipinski definition) is 0. The third-order valence-corrected chi connectivity index (χ3v) is 3.38. The highest BCUT2D eigenvalue weighted by atomic mass is 28.2. The Morgan fingerprint density at radius 2 is 1.35 bits per heavy atom. The van der Waals surface area contributed by atoms with Gasteiger partial charge in [-0.05, 0) is 45.0 Å². The molecule has 0 saturated carbocycles. The van der Waals surface area contributed by atoms with Crippen molar-refractivity contribution in [1.82, 2.24) is 0 Å². The van der Waals surface area contributed by atoms with Crippen LogP contribution in [0.15, 0.2) is 12.1 Å². The highest BCUT2D eigenvalue weighted by Crippen LogP contribution is 2.09. The Labute approximate surface area is 119 Å². The molecule has 0 atom stereocenters. The van der Waals surface area contributed by atoms with Crippen LogP contribution in [-0.4, -0.2) is 28.4 Å². The Hall–Kier alpha value is -0.893. The lowest BCUT2D eigenvalue weighted by Gasteiger charge is -2.23. The van der Waals surface area contributed by atoms with Gasteiger partial charge in [-0.25, -0.2) is 13.2 Å². The minimum Gasteiger partial charge on any atom is -0.373 e. The molecule has 0 aliphatic carbocycles. The van der Waals surface area contributed by atoms with E-state index in [1.54, 1.807) is 0 Å². The van der Waals surface area contributed by atoms with Crippen molar-refractivity contribution >= 4 is 14.9 Å². The second-order valence-corrected chi connectivity index (χ2v) is 6.28. The molecule has 0 aliphatic rings. The first-order chi connectivity index (χ1) is 9.29. The zero-order chi connectivity index (χ0) is 15.3. The van der Waals surface area contributed by atoms with Crippen molar-refractivity contribution in [2.75, 3.05) is 0 Å². The Morgan fingerprint density at radius 1 is 0.900 bits per heavy atom. The Bertz CT molecular complexity index is 408. The molecule has 0 amide bonds. The molecule has 0 N–H and O–H groups in total. The summed E-state index contributed by atoms with van der Waals surface area (Å²) in [4.78, 5) is 0. The van der Waals surface area contributed by atoms with Gasteiger partial charge in [0.05, 0.1) is 12.2 Å². The summed E-state index contributed by atoms with van der Waals surface area (Å²) in [5.41, 5.74) is 0. The zero-order valence-corrected chi connectivity index (χ0v) is 13.4. The van der Waals surface area contributed by atoms with Crippen LogP contribution in [0.1, 0.15) is 27.7 Å². The monoisotopic (exact) mass is 308 g/mol. The Kier molecular flexibility index (Phi) is 6.67. The first-order valence-electron chi connectivity index (χ1n) is 6.35. The topological polar surface area (TPSA) is 27.7 Å². The van der Waals surface area contributed by atoms with E-state index in [4.69, 9.17) is 13.9 Å². The van der Waals surface area contributed by atoms with Gasteiger partial charge in [-0.3, -0.25) is 0 Å². The highest BCUT2D eigenvalue weighted by Gasteiger charge is 2.16. The molecule has 7 heteroatoms. The zero-order valence-electron chi connectivity index (χ0n) is 12.0. The number of benzene rings is 1. The van der Waals surface area contributed by atoms with E-state index in [1.807, 2.05) is 27.7 Å². The molecule has 1 rings (SSSR count). The maximum atomic E-state index is 13.1. The van der Waals surface area contributed by atoms with Crippen LogP contribution in [0, 0.1) is 17.5 Å². The fraction of sp³-hybridized carbons (Fsp3) is 0.538. The molecule has 0 bridgehead atoms. The SMILES string of the molecule is CC(C)OC(O[SiH2]c1cc(F)c(F)c(F)c1)OC(C)C. The molecule has 0 unspecified atom stereocenters. The van der Waals surface area contributed by atoms with Crippen molar-refractivity contribution in [2.24, 2.45) is 0 Å². The molecule has 0 saturated heterocycles. The molecule has 0 spiro atoms. The summed E-state index contributed by atoms with van der Waals surface area (Å²) in [5, 5.41) is 0.297. The molecular formula is C13H19F3O3Si. The first kappa shape index (κ1) is 17.2. The number of halogens is 3. The van der Waals surface area contributed by atoms with E-state index in [2.05, 4.69) is 0 Å². The van der Waals surface area contributed by atoms with Gasteiger partial charge in [0.15, 0.2) is 27.2 Å². The largest absolute Gasteiger partial charge is 0.373 e. The van der Waals surface area contributed by atoms with Gasteiger partial charge in [-0.1, -0.05) is 0 Å². The van der Waals surface area contributed by atoms with E-state index in [-0.39, 0.29) is 12.2 Å². The van der Waals surface area contributed by atoms with Crippen molar-refractivity contribution in [1.29, 1.82) is 0 Å². The standard InChI is InChI=1S/C13H19F3O3Si/c1-7(2)17-13(18-8(3)4)19-20-9-5-10(14)12(16)11(15)6-9/h5-8,13H,20H2,1-4H3. The van der Waals surface area contributed by atoms with Crippen molar-refractivity contribution in [3.63, 3.8) is 0 Å². The Balaban J connectivity index is 2.66. The minimum absolute atomic E-state index is 0.116. The fourth-order valence-electron chi connectivity index (χ4n) is 1.41. The third kappa shape index (κ3) is 5.62. The second kappa shape index (κ2) is 7.77. The van der Waals surface area contributed by atoms with Crippen LogP contribution in [-0.2, 0) is 13.9 Å². The molecule has 0 aliphatic heterocycles. The normalized spacial score (nSPS) is 12.5. The van der Waals surface area contributed by atoms with Crippen molar-refractivity contribution < 1.29 is 27.1 Å². The van der Waals surface area contributed by atoms with Crippen LogP contribution < -0.4 is 5.19 Å². The van der Waals surface area contributed by atoms with E-state index in [0.29, 0.717) is 5.19 Å². The molecule has 0 aromatic heterocycles. The molecule has 20 heavy (non-hydrogen) atoms. The summed E-state index contributed by atoms with van der Waals surface area (Å²) in [6.07, 6.45) is -0.233. The molecule has 1 aromatic carbocycles. The van der Waals surface area contributed by atoms with Crippen LogP contribution in [0.3, 0.4) is 0 Å². The maximum absolute atomic E-state index is 13.1. The van der Waals surface area contributed by atoms with Crippen LogP contribution >= 0.6 is 0 Å². The molecule has 1 aromatic rings. The summed E-state index contributed by atoms with van der Waals surface area (Å²) in [5.74, 6) is -3.92. The lowest BCUT2D eigenvalue weighted by atomic mass is 10.3. The van der Waals surface area contributed by atoms with Gasteiger partial charge in [0.1, 0.15) is 0 Å². The second-order valence-electron chi connectivity index (χ2n) is 4.84. The highest BCUT2D eigenvalue weighted by molar-refractivity contribution is 6.46. The van der Waals surface area contributed by atoms with Gasteiger partial charge in [0, 0.05) is 0 Å². The fourth-order valence-corrected chi connectivity index (χ4v) is 2.42. The van der Waals surface area contributed by atoms with Crippen molar-refractivity contribution in [3.05, 3.63) is 29.6 Å². The predicted octanol–water partition coefficient (Wildman–Crippen LogP) is 1.96. The van der Waals surface area contributed by atoms with Gasteiger partial charge in [-0.2, -0.15) is 0 Å². The molecular weight excluding hydrogens is 289 g/mol. The number of ether oxygens (including phenoxy) is 2. The predicted molar refractivity (Wildman–Crippen MR) is 71.8 cm³/mol. The Morgan fingerprint density at radius 3 is 1.75 bits per heavy atom. The van der Waals surface area contributed by atoms with Crippen LogP contribution in [0.5, 0.6) is 0 Å². The quantitative estimate of drug-likeness (QED) is 0.438. The van der Waals surface area contributed by atoms with Gasteiger partial charge in [0.2, 0.25) is 0 Å². The molecule has 0 radical (unpaired) electrons. The molecule has 3 nitrogen and oxygen atoms in total. The molecule has 0 heterocycles. The molecule has 114 valence electrons. The van der Waals surface area contributed by atoms with Gasteiger partial charge in [0.25, 0.3) is 6.48 Å². The summed E-state index contributed by atoms with van der Waals surface area (Å²) in [6.45, 7) is 6.38. The van der Waals surface area contributed by atoms with Crippen LogP contribution in [0.25, 0.3) is 0 Å². The van der Waals surface area contributed by atoms with E-state index >= 15 is 0 Å². The number of rotatable bonds is 7. The van der Waals surface area contributed by atoms with Gasteiger partial charge in [-0.15, -0.1) is 0 Å². The average molecular weight is 308 g/mol. The van der Waals surface area contributed by atoms with E-state index < -0.39 is 33.7 Å².